The Morgan fingerprint density at radius 3 is 2.55 bits per heavy atom. The predicted molar refractivity (Wildman–Crippen MR) is 116 cm³/mol. The number of non-ortho nitro benzene ring substituents is 1. The Bertz CT molecular complexity index is 779. The Morgan fingerprint density at radius 2 is 1.97 bits per heavy atom. The number of nitro groups is 1. The molecule has 0 aromatic heterocycles. The van der Waals surface area contributed by atoms with E-state index < -0.39 is 19.0 Å². The number of hydrogen-bond donors (Lipinski definition) is 1. The average Bonchev–Trinajstić information content (AvgIpc) is 3.07. The number of esters is 1. The summed E-state index contributed by atoms with van der Waals surface area (Å²) in [4.78, 5) is 36.2. The first-order chi connectivity index (χ1) is 13.5. The van der Waals surface area contributed by atoms with Crippen molar-refractivity contribution in [3.63, 3.8) is 0 Å². The lowest BCUT2D eigenvalue weighted by atomic mass is 10.2. The van der Waals surface area contributed by atoms with Crippen LogP contribution in [-0.2, 0) is 20.9 Å². The van der Waals surface area contributed by atoms with Crippen LogP contribution in [0.2, 0.25) is 25.7 Å². The van der Waals surface area contributed by atoms with E-state index in [1.165, 1.54) is 36.0 Å². The van der Waals surface area contributed by atoms with Gasteiger partial charge < -0.3 is 9.64 Å². The monoisotopic (exact) mass is 437 g/mol. The molecule has 1 aromatic rings. The van der Waals surface area contributed by atoms with Crippen molar-refractivity contribution in [3.8, 4) is 0 Å². The van der Waals surface area contributed by atoms with E-state index in [-0.39, 0.29) is 34.9 Å². The minimum atomic E-state index is -1.42. The molecule has 1 heterocycles. The van der Waals surface area contributed by atoms with Crippen LogP contribution in [0.1, 0.15) is 18.4 Å². The fourth-order valence-corrected chi connectivity index (χ4v) is 6.26. The summed E-state index contributed by atoms with van der Waals surface area (Å²) in [5.74, 6) is -0.321. The van der Waals surface area contributed by atoms with Crippen molar-refractivity contribution in [1.82, 2.24) is 4.90 Å². The van der Waals surface area contributed by atoms with Crippen molar-refractivity contribution < 1.29 is 19.2 Å². The van der Waals surface area contributed by atoms with Gasteiger partial charge in [0.25, 0.3) is 5.69 Å². The Kier molecular flexibility index (Phi) is 7.97. The average molecular weight is 438 g/mol. The van der Waals surface area contributed by atoms with Crippen molar-refractivity contribution in [2.24, 2.45) is 0 Å². The summed E-state index contributed by atoms with van der Waals surface area (Å²) in [6.45, 7) is 7.77. The first-order valence-corrected chi connectivity index (χ1v) is 14.0. The highest BCUT2D eigenvalue weighted by atomic mass is 32.2. The molecule has 0 bridgehead atoms. The predicted octanol–water partition coefficient (Wildman–Crippen LogP) is 3.68. The van der Waals surface area contributed by atoms with E-state index in [1.54, 1.807) is 0 Å². The highest BCUT2D eigenvalue weighted by Crippen LogP contribution is 2.27. The van der Waals surface area contributed by atoms with Crippen LogP contribution >= 0.6 is 11.8 Å². The van der Waals surface area contributed by atoms with E-state index in [4.69, 9.17) is 10.1 Å². The number of thioether (sulfide) groups is 1. The van der Waals surface area contributed by atoms with E-state index in [1.807, 2.05) is 4.90 Å². The van der Waals surface area contributed by atoms with Crippen LogP contribution in [0.15, 0.2) is 24.3 Å². The van der Waals surface area contributed by atoms with Crippen LogP contribution < -0.4 is 0 Å². The second kappa shape index (κ2) is 10.0. The van der Waals surface area contributed by atoms with Crippen molar-refractivity contribution in [1.29, 1.82) is 5.41 Å². The lowest BCUT2D eigenvalue weighted by Crippen LogP contribution is -2.31. The number of nitro benzene ring substituents is 1. The maximum atomic E-state index is 12.2. The summed E-state index contributed by atoms with van der Waals surface area (Å²) in [7, 11) is -1.42. The summed E-state index contributed by atoms with van der Waals surface area (Å²) >= 11 is 1.38. The zero-order valence-corrected chi connectivity index (χ0v) is 18.8. The van der Waals surface area contributed by atoms with Gasteiger partial charge in [0, 0.05) is 36.5 Å². The standard InChI is InChI=1S/C19H27N3O5SSi/c1-29(2,3)13-19(24)28-16-8-9-21(11-16)17(20)10-18(23)27-12-14-4-6-15(7-5-14)22(25)26/h4-7,16,20H,8-13H2,1-3H3. The number of nitrogens with one attached hydrogen (secondary N) is 1. The van der Waals surface area contributed by atoms with Gasteiger partial charge in [0.05, 0.1) is 13.0 Å². The lowest BCUT2D eigenvalue weighted by molar-refractivity contribution is -0.384. The number of likely N-dealkylation sites (tertiary alicyclic amines) is 1. The second-order valence-corrected chi connectivity index (χ2v) is 15.1. The highest BCUT2D eigenvalue weighted by Gasteiger charge is 2.29. The first-order valence-electron chi connectivity index (χ1n) is 9.44. The van der Waals surface area contributed by atoms with Gasteiger partial charge in [-0.05, 0) is 24.1 Å². The fourth-order valence-electron chi connectivity index (χ4n) is 2.91. The summed E-state index contributed by atoms with van der Waals surface area (Å²) in [6.07, 6.45) is 0.690. The molecule has 1 unspecified atom stereocenters. The van der Waals surface area contributed by atoms with Gasteiger partial charge in [-0.2, -0.15) is 0 Å². The van der Waals surface area contributed by atoms with Crippen LogP contribution in [0, 0.1) is 15.5 Å². The number of benzene rings is 1. The molecular weight excluding hydrogens is 410 g/mol. The van der Waals surface area contributed by atoms with Crippen LogP contribution in [0.5, 0.6) is 0 Å². The van der Waals surface area contributed by atoms with Crippen molar-refractivity contribution in [3.05, 3.63) is 39.9 Å². The Balaban J connectivity index is 1.73. The van der Waals surface area contributed by atoms with Gasteiger partial charge in [0.1, 0.15) is 18.9 Å². The number of carbonyl (C=O) groups is 2. The Hall–Kier alpha value is -2.20. The van der Waals surface area contributed by atoms with Gasteiger partial charge in [0.2, 0.25) is 0 Å². The van der Waals surface area contributed by atoms with E-state index in [0.717, 1.165) is 6.42 Å². The second-order valence-electron chi connectivity index (χ2n) is 8.29. The zero-order chi connectivity index (χ0) is 21.6. The van der Waals surface area contributed by atoms with Crippen molar-refractivity contribution in [2.45, 2.75) is 50.4 Å². The molecule has 8 nitrogen and oxygen atoms in total. The minimum Gasteiger partial charge on any atom is -0.460 e. The molecule has 0 amide bonds. The maximum Gasteiger partial charge on any atom is 0.313 e. The van der Waals surface area contributed by atoms with Gasteiger partial charge in [0.15, 0.2) is 5.12 Å². The highest BCUT2D eigenvalue weighted by molar-refractivity contribution is 8.14. The molecule has 0 aliphatic carbocycles. The molecular formula is C19H27N3O5SSi. The molecule has 29 heavy (non-hydrogen) atoms. The van der Waals surface area contributed by atoms with Crippen molar-refractivity contribution in [2.75, 3.05) is 13.1 Å². The summed E-state index contributed by atoms with van der Waals surface area (Å²) in [5.41, 5.74) is 0.626. The quantitative estimate of drug-likeness (QED) is 0.165. The molecule has 1 aliphatic rings. The fraction of sp³-hybridized carbons (Fsp3) is 0.526. The molecule has 1 fully saturated rings. The summed E-state index contributed by atoms with van der Waals surface area (Å²) in [6, 6.07) is 6.45. The van der Waals surface area contributed by atoms with E-state index >= 15 is 0 Å². The number of hydrogen-bond acceptors (Lipinski definition) is 7. The minimum absolute atomic E-state index is 0.00772. The number of amidine groups is 1. The molecule has 1 atom stereocenters. The lowest BCUT2D eigenvalue weighted by Gasteiger charge is -2.19. The van der Waals surface area contributed by atoms with Crippen LogP contribution in [-0.4, -0.2) is 53.2 Å². The third kappa shape index (κ3) is 7.98. The van der Waals surface area contributed by atoms with Crippen LogP contribution in [0.25, 0.3) is 0 Å². The molecule has 1 aliphatic heterocycles. The van der Waals surface area contributed by atoms with Gasteiger partial charge in [-0.25, -0.2) is 0 Å². The molecule has 10 heteroatoms. The van der Waals surface area contributed by atoms with E-state index in [2.05, 4.69) is 19.6 Å². The normalized spacial score (nSPS) is 16.5. The van der Waals surface area contributed by atoms with Gasteiger partial charge in [-0.1, -0.05) is 31.4 Å². The first kappa shape index (κ1) is 23.1. The van der Waals surface area contributed by atoms with Crippen molar-refractivity contribution >= 4 is 42.4 Å². The third-order valence-electron chi connectivity index (χ3n) is 4.36. The molecule has 0 spiro atoms. The summed E-state index contributed by atoms with van der Waals surface area (Å²) in [5, 5.41) is 19.2. The number of nitrogens with zero attached hydrogens (tertiary/aromatic N) is 2. The number of carbonyl (C=O) groups excluding carboxylic acids is 2. The molecule has 2 rings (SSSR count). The van der Waals surface area contributed by atoms with Crippen LogP contribution in [0.3, 0.4) is 0 Å². The molecule has 1 saturated heterocycles. The topological polar surface area (TPSA) is 114 Å². The molecule has 0 saturated carbocycles. The van der Waals surface area contributed by atoms with E-state index in [9.17, 15) is 19.7 Å². The van der Waals surface area contributed by atoms with E-state index in [0.29, 0.717) is 24.7 Å². The number of ether oxygens (including phenoxy) is 1. The Labute approximate surface area is 175 Å². The SMILES string of the molecule is C[Si](C)(C)CC(=O)SC1CCN(C(=N)CC(=O)OCc2ccc([N+](=O)[O-])cc2)C1. The zero-order valence-electron chi connectivity index (χ0n) is 17.0. The molecule has 158 valence electrons. The van der Waals surface area contributed by atoms with Gasteiger partial charge in [-0.15, -0.1) is 0 Å². The Morgan fingerprint density at radius 1 is 1.31 bits per heavy atom. The van der Waals surface area contributed by atoms with Gasteiger partial charge in [-0.3, -0.25) is 25.1 Å². The number of rotatable bonds is 8. The largest absolute Gasteiger partial charge is 0.460 e. The molecule has 0 radical (unpaired) electrons. The maximum absolute atomic E-state index is 12.2. The molecule has 1 aromatic carbocycles. The van der Waals surface area contributed by atoms with Crippen LogP contribution in [0.4, 0.5) is 5.69 Å². The third-order valence-corrected chi connectivity index (χ3v) is 7.12. The molecule has 1 N–H and O–H groups in total. The van der Waals surface area contributed by atoms with Gasteiger partial charge >= 0.3 is 5.97 Å². The summed E-state index contributed by atoms with van der Waals surface area (Å²) < 4.78 is 5.17. The smallest absolute Gasteiger partial charge is 0.313 e.